The van der Waals surface area contributed by atoms with Gasteiger partial charge in [-0.1, -0.05) is 18.2 Å². The second kappa shape index (κ2) is 4.87. The lowest BCUT2D eigenvalue weighted by Gasteiger charge is -2.14. The lowest BCUT2D eigenvalue weighted by molar-refractivity contribution is 0.451. The molecule has 0 saturated heterocycles. The van der Waals surface area contributed by atoms with E-state index < -0.39 is 0 Å². The van der Waals surface area contributed by atoms with Gasteiger partial charge in [0.2, 0.25) is 0 Å². The lowest BCUT2D eigenvalue weighted by atomic mass is 10.1. The Morgan fingerprint density at radius 2 is 2.21 bits per heavy atom. The first kappa shape index (κ1) is 12.0. The summed E-state index contributed by atoms with van der Waals surface area (Å²) in [6.45, 7) is 2.84. The number of benzene rings is 1. The van der Waals surface area contributed by atoms with Crippen LogP contribution in [-0.4, -0.2) is 9.78 Å². The molecule has 0 bridgehead atoms. The Morgan fingerprint density at radius 3 is 2.95 bits per heavy atom. The van der Waals surface area contributed by atoms with Crippen LogP contribution in [0, 0.1) is 0 Å². The Kier molecular flexibility index (Phi) is 3.06. The highest BCUT2D eigenvalue weighted by Gasteiger charge is 2.20. The Labute approximate surface area is 111 Å². The monoisotopic (exact) mass is 256 g/mol. The molecule has 0 aliphatic rings. The van der Waals surface area contributed by atoms with Crippen molar-refractivity contribution < 1.29 is 4.42 Å². The van der Waals surface area contributed by atoms with Crippen molar-refractivity contribution in [2.45, 2.75) is 19.5 Å². The fraction of sp³-hybridized carbons (Fsp3) is 0.214. The molecule has 3 aromatic rings. The van der Waals surface area contributed by atoms with E-state index in [9.17, 15) is 0 Å². The average molecular weight is 256 g/mol. The summed E-state index contributed by atoms with van der Waals surface area (Å²) in [6.07, 6.45) is 1.77. The lowest BCUT2D eigenvalue weighted by Crippen LogP contribution is -2.30. The van der Waals surface area contributed by atoms with Crippen LogP contribution in [0.25, 0.3) is 11.0 Å². The van der Waals surface area contributed by atoms with E-state index in [2.05, 4.69) is 10.5 Å². The van der Waals surface area contributed by atoms with Crippen LogP contribution in [0.5, 0.6) is 0 Å². The van der Waals surface area contributed by atoms with Gasteiger partial charge in [-0.3, -0.25) is 10.5 Å². The van der Waals surface area contributed by atoms with Gasteiger partial charge in [-0.15, -0.1) is 0 Å². The minimum absolute atomic E-state index is 0.199. The molecule has 3 rings (SSSR count). The first-order valence-electron chi connectivity index (χ1n) is 6.29. The second-order valence-electron chi connectivity index (χ2n) is 4.36. The molecule has 19 heavy (non-hydrogen) atoms. The number of furan rings is 1. The first-order chi connectivity index (χ1) is 9.33. The normalized spacial score (nSPS) is 12.9. The number of rotatable bonds is 4. The van der Waals surface area contributed by atoms with Crippen LogP contribution in [-0.2, 0) is 6.54 Å². The summed E-state index contributed by atoms with van der Waals surface area (Å²) in [4.78, 5) is 0. The molecule has 0 aliphatic carbocycles. The number of hydrogen-bond donors (Lipinski definition) is 2. The molecule has 2 heterocycles. The number of nitrogens with two attached hydrogens (primary N) is 1. The van der Waals surface area contributed by atoms with E-state index in [-0.39, 0.29) is 6.04 Å². The SMILES string of the molecule is CCn1nccc1C(NN)c1cc2ccccc2o1. The summed E-state index contributed by atoms with van der Waals surface area (Å²) in [5, 5.41) is 5.33. The number of hydrogen-bond acceptors (Lipinski definition) is 4. The highest BCUT2D eigenvalue weighted by molar-refractivity contribution is 5.77. The van der Waals surface area contributed by atoms with E-state index in [1.807, 2.05) is 48.0 Å². The number of nitrogens with zero attached hydrogens (tertiary/aromatic N) is 2. The highest BCUT2D eigenvalue weighted by atomic mass is 16.3. The smallest absolute Gasteiger partial charge is 0.134 e. The largest absolute Gasteiger partial charge is 0.459 e. The quantitative estimate of drug-likeness (QED) is 0.554. The van der Waals surface area contributed by atoms with Crippen LogP contribution in [0.2, 0.25) is 0 Å². The van der Waals surface area contributed by atoms with Gasteiger partial charge >= 0.3 is 0 Å². The Hall–Kier alpha value is -2.11. The number of fused-ring (bicyclic) bond motifs is 1. The maximum atomic E-state index is 5.86. The van der Waals surface area contributed by atoms with Gasteiger partial charge in [0, 0.05) is 18.1 Å². The van der Waals surface area contributed by atoms with Crippen LogP contribution < -0.4 is 11.3 Å². The Balaban J connectivity index is 2.06. The van der Waals surface area contributed by atoms with Crippen LogP contribution >= 0.6 is 0 Å². The molecule has 0 fully saturated rings. The van der Waals surface area contributed by atoms with Crippen molar-refractivity contribution in [3.05, 3.63) is 54.0 Å². The summed E-state index contributed by atoms with van der Waals surface area (Å²) < 4.78 is 7.76. The maximum Gasteiger partial charge on any atom is 0.134 e. The number of para-hydroxylation sites is 1. The fourth-order valence-electron chi connectivity index (χ4n) is 2.31. The minimum atomic E-state index is -0.199. The molecule has 0 saturated carbocycles. The molecular weight excluding hydrogens is 240 g/mol. The van der Waals surface area contributed by atoms with E-state index in [0.717, 1.165) is 29.0 Å². The molecule has 3 N–H and O–H groups in total. The summed E-state index contributed by atoms with van der Waals surface area (Å²) in [6, 6.07) is 11.7. The number of aryl methyl sites for hydroxylation is 1. The Bertz CT molecular complexity index is 652. The van der Waals surface area contributed by atoms with Crippen molar-refractivity contribution in [3.63, 3.8) is 0 Å². The topological polar surface area (TPSA) is 69.0 Å². The van der Waals surface area contributed by atoms with Gasteiger partial charge in [-0.05, 0) is 25.1 Å². The van der Waals surface area contributed by atoms with Crippen LogP contribution in [0.1, 0.15) is 24.4 Å². The second-order valence-corrected chi connectivity index (χ2v) is 4.36. The van der Waals surface area contributed by atoms with E-state index in [0.29, 0.717) is 0 Å². The molecule has 1 unspecified atom stereocenters. The predicted octanol–water partition coefficient (Wildman–Crippen LogP) is 2.20. The fourth-order valence-corrected chi connectivity index (χ4v) is 2.31. The van der Waals surface area contributed by atoms with Crippen molar-refractivity contribution in [1.29, 1.82) is 0 Å². The van der Waals surface area contributed by atoms with Crippen molar-refractivity contribution >= 4 is 11.0 Å². The highest BCUT2D eigenvalue weighted by Crippen LogP contribution is 2.27. The number of hydrazine groups is 1. The van der Waals surface area contributed by atoms with E-state index >= 15 is 0 Å². The van der Waals surface area contributed by atoms with Gasteiger partial charge in [0.15, 0.2) is 0 Å². The molecule has 5 heteroatoms. The van der Waals surface area contributed by atoms with Crippen molar-refractivity contribution in [1.82, 2.24) is 15.2 Å². The van der Waals surface area contributed by atoms with Crippen LogP contribution in [0.4, 0.5) is 0 Å². The van der Waals surface area contributed by atoms with E-state index in [1.165, 1.54) is 0 Å². The predicted molar refractivity (Wildman–Crippen MR) is 73.3 cm³/mol. The number of nitrogens with one attached hydrogen (secondary N) is 1. The van der Waals surface area contributed by atoms with E-state index in [1.54, 1.807) is 6.20 Å². The molecule has 2 aromatic heterocycles. The molecule has 0 aliphatic heterocycles. The molecule has 0 spiro atoms. The standard InChI is InChI=1S/C14H16N4O/c1-2-18-11(7-8-16-18)14(17-15)13-9-10-5-3-4-6-12(10)19-13/h3-9,14,17H,2,15H2,1H3. The zero-order chi connectivity index (χ0) is 13.2. The maximum absolute atomic E-state index is 5.86. The van der Waals surface area contributed by atoms with Gasteiger partial charge in [0.25, 0.3) is 0 Å². The average Bonchev–Trinajstić information content (AvgIpc) is 3.05. The molecular formula is C14H16N4O. The molecule has 0 amide bonds. The Morgan fingerprint density at radius 1 is 1.37 bits per heavy atom. The third-order valence-corrected chi connectivity index (χ3v) is 3.24. The summed E-state index contributed by atoms with van der Waals surface area (Å²) in [5.41, 5.74) is 4.65. The molecule has 0 radical (unpaired) electrons. The van der Waals surface area contributed by atoms with Crippen molar-refractivity contribution in [3.8, 4) is 0 Å². The third-order valence-electron chi connectivity index (χ3n) is 3.24. The summed E-state index contributed by atoms with van der Waals surface area (Å²) in [5.74, 6) is 6.48. The third kappa shape index (κ3) is 2.03. The van der Waals surface area contributed by atoms with Gasteiger partial charge in [0.1, 0.15) is 17.4 Å². The minimum Gasteiger partial charge on any atom is -0.459 e. The first-order valence-corrected chi connectivity index (χ1v) is 6.29. The molecule has 1 aromatic carbocycles. The molecule has 1 atom stereocenters. The van der Waals surface area contributed by atoms with E-state index in [4.69, 9.17) is 10.3 Å². The summed E-state index contributed by atoms with van der Waals surface area (Å²) in [7, 11) is 0. The van der Waals surface area contributed by atoms with Crippen LogP contribution in [0.15, 0.2) is 47.0 Å². The van der Waals surface area contributed by atoms with Gasteiger partial charge in [0.05, 0.1) is 5.69 Å². The van der Waals surface area contributed by atoms with Crippen molar-refractivity contribution in [2.24, 2.45) is 5.84 Å². The zero-order valence-corrected chi connectivity index (χ0v) is 10.7. The van der Waals surface area contributed by atoms with Crippen molar-refractivity contribution in [2.75, 3.05) is 0 Å². The summed E-state index contributed by atoms with van der Waals surface area (Å²) >= 11 is 0. The van der Waals surface area contributed by atoms with Gasteiger partial charge in [-0.25, -0.2) is 5.43 Å². The van der Waals surface area contributed by atoms with Crippen LogP contribution in [0.3, 0.4) is 0 Å². The van der Waals surface area contributed by atoms with Gasteiger partial charge < -0.3 is 4.42 Å². The zero-order valence-electron chi connectivity index (χ0n) is 10.7. The molecule has 5 nitrogen and oxygen atoms in total. The number of aromatic nitrogens is 2. The molecule has 98 valence electrons. The van der Waals surface area contributed by atoms with Gasteiger partial charge in [-0.2, -0.15) is 5.10 Å².